The van der Waals surface area contributed by atoms with Gasteiger partial charge in [-0.1, -0.05) is 70.2 Å². The Labute approximate surface area is 408 Å². The van der Waals surface area contributed by atoms with Crippen molar-refractivity contribution in [3.8, 4) is 28.6 Å². The van der Waals surface area contributed by atoms with Crippen LogP contribution < -0.4 is 15.9 Å². The van der Waals surface area contributed by atoms with Crippen LogP contribution in [0.15, 0.2) is 114 Å². The van der Waals surface area contributed by atoms with Crippen LogP contribution in [0.4, 0.5) is 5.69 Å². The van der Waals surface area contributed by atoms with Gasteiger partial charge in [-0.2, -0.15) is 5.10 Å². The second-order valence-corrected chi connectivity index (χ2v) is 19.8. The Morgan fingerprint density at radius 3 is 2.17 bits per heavy atom. The highest BCUT2D eigenvalue weighted by atomic mass is 16.7. The fourth-order valence-electron chi connectivity index (χ4n) is 9.66. The van der Waals surface area contributed by atoms with E-state index in [1.807, 2.05) is 118 Å². The molecule has 2 unspecified atom stereocenters. The number of rotatable bonds is 16. The number of aliphatic hydroxyl groups is 1. The number of piperazine rings is 1. The number of phenols is 2. The smallest absolute Gasteiger partial charge is 0.461 e. The van der Waals surface area contributed by atoms with E-state index in [1.54, 1.807) is 6.07 Å². The summed E-state index contributed by atoms with van der Waals surface area (Å²) in [6.45, 7) is 16.3. The zero-order chi connectivity index (χ0) is 49.9. The van der Waals surface area contributed by atoms with Crippen LogP contribution in [0.3, 0.4) is 0 Å². The van der Waals surface area contributed by atoms with Crippen molar-refractivity contribution < 1.29 is 34.2 Å². The largest absolute Gasteiger partial charge is 0.508 e. The summed E-state index contributed by atoms with van der Waals surface area (Å²) in [5.41, 5.74) is 2.83. The van der Waals surface area contributed by atoms with Crippen LogP contribution in [0.2, 0.25) is 5.82 Å². The normalized spacial score (nSPS) is 18.3. The maximum Gasteiger partial charge on any atom is 0.461 e. The Kier molecular flexibility index (Phi) is 14.6. The van der Waals surface area contributed by atoms with E-state index >= 15 is 0 Å². The SMILES string of the molecule is CC(C)C[C@H](CC(O)[C@H](Cc1ccccc1)NC(=O)c1cnccn1)B1OC(C)(C)C(C)(c2ccc(C(=O)N3CCN(c4ccc(-n5c(-c6cc(C(C)C)c(O)cc6O)n[nH]c5=O)cc4)CC3)cc2)O1. The van der Waals surface area contributed by atoms with E-state index < -0.39 is 42.1 Å². The van der Waals surface area contributed by atoms with Gasteiger partial charge in [-0.25, -0.2) is 19.4 Å². The Morgan fingerprint density at radius 2 is 1.53 bits per heavy atom. The third-order valence-electron chi connectivity index (χ3n) is 13.9. The summed E-state index contributed by atoms with van der Waals surface area (Å²) < 4.78 is 15.1. The van der Waals surface area contributed by atoms with Crippen molar-refractivity contribution in [3.63, 3.8) is 0 Å². The zero-order valence-electron chi connectivity index (χ0n) is 40.9. The van der Waals surface area contributed by atoms with Gasteiger partial charge in [-0.15, -0.1) is 0 Å². The van der Waals surface area contributed by atoms with Crippen LogP contribution in [-0.2, 0) is 21.3 Å². The molecule has 70 heavy (non-hydrogen) atoms. The number of aromatic amines is 1. The molecule has 0 radical (unpaired) electrons. The Bertz CT molecular complexity index is 2810. The molecule has 16 nitrogen and oxygen atoms in total. The van der Waals surface area contributed by atoms with Crippen LogP contribution >= 0.6 is 0 Å². The van der Waals surface area contributed by atoms with Gasteiger partial charge in [0, 0.05) is 55.9 Å². The molecule has 6 aromatic rings. The number of hydrogen-bond donors (Lipinski definition) is 5. The standard InChI is InChI=1S/C53H63BN8O8/c1-33(2)27-38(29-47(65)43(28-35-11-9-8-10-12-35)57-49(66)44-32-55-21-22-56-44)54-69-52(5,6)53(7,70-54)37-15-13-36(14-16-37)50(67)61-25-23-60(24-26-61)39-17-19-40(20-18-39)62-48(58-59-51(62)68)42-30-41(34(3)4)45(63)31-46(42)64/h8-22,30-34,38,43,47,63-65H,23-29H2,1-7H3,(H,57,66)(H,59,68)/t38-,43+,47?,53?/m1/s1. The van der Waals surface area contributed by atoms with Crippen molar-refractivity contribution in [1.82, 2.24) is 34.9 Å². The second-order valence-electron chi connectivity index (χ2n) is 19.8. The second kappa shape index (κ2) is 20.6. The third kappa shape index (κ3) is 10.5. The lowest BCUT2D eigenvalue weighted by Crippen LogP contribution is -2.48. The Hall–Kier alpha value is -6.82. The minimum atomic E-state index is -0.943. The summed E-state index contributed by atoms with van der Waals surface area (Å²) in [5, 5.41) is 42.8. The van der Waals surface area contributed by atoms with Crippen molar-refractivity contribution in [3.05, 3.63) is 148 Å². The molecule has 0 aliphatic carbocycles. The van der Waals surface area contributed by atoms with E-state index in [2.05, 4.69) is 44.2 Å². The van der Waals surface area contributed by atoms with E-state index in [1.165, 1.54) is 29.2 Å². The monoisotopic (exact) mass is 950 g/mol. The first kappa shape index (κ1) is 49.6. The number of anilines is 1. The summed E-state index contributed by atoms with van der Waals surface area (Å²) in [7, 11) is -0.664. The highest BCUT2D eigenvalue weighted by Crippen LogP contribution is 2.49. The topological polar surface area (TPSA) is 208 Å². The fraction of sp³-hybridized carbons (Fsp3) is 0.396. The number of aromatic nitrogens is 5. The van der Waals surface area contributed by atoms with E-state index in [9.17, 15) is 29.7 Å². The molecule has 4 heterocycles. The van der Waals surface area contributed by atoms with E-state index in [-0.39, 0.29) is 46.6 Å². The maximum atomic E-state index is 13.9. The van der Waals surface area contributed by atoms with Crippen molar-refractivity contribution in [2.75, 3.05) is 31.1 Å². The number of hydrogen-bond acceptors (Lipinski definition) is 12. The predicted octanol–water partition coefficient (Wildman–Crippen LogP) is 7.25. The number of nitrogens with one attached hydrogen (secondary N) is 2. The molecule has 2 fully saturated rings. The van der Waals surface area contributed by atoms with Crippen molar-refractivity contribution in [1.29, 1.82) is 0 Å². The van der Waals surface area contributed by atoms with Crippen LogP contribution in [-0.4, -0.2) is 108 Å². The van der Waals surface area contributed by atoms with Gasteiger partial charge in [0.05, 0.1) is 35.2 Å². The van der Waals surface area contributed by atoms with Crippen molar-refractivity contribution >= 4 is 24.6 Å². The third-order valence-corrected chi connectivity index (χ3v) is 13.9. The van der Waals surface area contributed by atoms with Gasteiger partial charge in [0.25, 0.3) is 11.8 Å². The number of carbonyl (C=O) groups excluding carboxylic acids is 2. The summed E-state index contributed by atoms with van der Waals surface area (Å²) >= 11 is 0. The first-order valence-corrected chi connectivity index (χ1v) is 24.1. The molecule has 366 valence electrons. The summed E-state index contributed by atoms with van der Waals surface area (Å²) in [6.07, 6.45) is 4.85. The quantitative estimate of drug-likeness (QED) is 0.0608. The molecule has 0 saturated carbocycles. The number of carbonyl (C=O) groups is 2. The molecular weight excluding hydrogens is 887 g/mol. The number of nitrogens with zero attached hydrogens (tertiary/aromatic N) is 6. The number of aromatic hydroxyl groups is 2. The molecule has 5 N–H and O–H groups in total. The summed E-state index contributed by atoms with van der Waals surface area (Å²) in [6, 6.07) is 27.1. The fourth-order valence-corrected chi connectivity index (χ4v) is 9.66. The average Bonchev–Trinajstić information content (AvgIpc) is 3.85. The lowest BCUT2D eigenvalue weighted by Gasteiger charge is -2.37. The average molecular weight is 951 g/mol. The minimum absolute atomic E-state index is 0.0260. The van der Waals surface area contributed by atoms with Gasteiger partial charge >= 0.3 is 12.8 Å². The van der Waals surface area contributed by atoms with E-state index in [4.69, 9.17) is 9.31 Å². The van der Waals surface area contributed by atoms with Crippen molar-refractivity contribution in [2.45, 2.75) is 103 Å². The lowest BCUT2D eigenvalue weighted by atomic mass is 9.65. The number of benzene rings is 4. The van der Waals surface area contributed by atoms with Crippen LogP contribution in [0.1, 0.15) is 105 Å². The van der Waals surface area contributed by atoms with Gasteiger partial charge in [-0.3, -0.25) is 14.6 Å². The lowest BCUT2D eigenvalue weighted by molar-refractivity contribution is -0.0133. The summed E-state index contributed by atoms with van der Waals surface area (Å²) in [4.78, 5) is 52.5. The van der Waals surface area contributed by atoms with Gasteiger partial charge in [0.15, 0.2) is 5.82 Å². The molecule has 2 aliphatic rings. The molecule has 4 atom stereocenters. The number of amides is 2. The first-order chi connectivity index (χ1) is 33.4. The van der Waals surface area contributed by atoms with Gasteiger partial charge in [0.2, 0.25) is 0 Å². The van der Waals surface area contributed by atoms with Crippen molar-refractivity contribution in [2.24, 2.45) is 5.92 Å². The van der Waals surface area contributed by atoms with Crippen LogP contribution in [0, 0.1) is 5.92 Å². The Morgan fingerprint density at radius 1 is 0.843 bits per heavy atom. The molecule has 4 aromatic carbocycles. The molecule has 0 spiro atoms. The van der Waals surface area contributed by atoms with Gasteiger partial charge in [-0.05, 0) is 117 Å². The highest BCUT2D eigenvalue weighted by molar-refractivity contribution is 6.47. The van der Waals surface area contributed by atoms with E-state index in [0.29, 0.717) is 67.8 Å². The van der Waals surface area contributed by atoms with Gasteiger partial charge in [0.1, 0.15) is 22.8 Å². The molecule has 2 saturated heterocycles. The molecule has 8 rings (SSSR count). The molecule has 17 heteroatoms. The van der Waals surface area contributed by atoms with Crippen LogP contribution in [0.25, 0.3) is 17.1 Å². The first-order valence-electron chi connectivity index (χ1n) is 24.1. The van der Waals surface area contributed by atoms with Gasteiger partial charge < -0.3 is 39.7 Å². The molecule has 2 aromatic heterocycles. The van der Waals surface area contributed by atoms with E-state index in [0.717, 1.165) is 16.8 Å². The molecular formula is C53H63BN8O8. The summed E-state index contributed by atoms with van der Waals surface area (Å²) in [5.74, 6) is -0.475. The highest BCUT2D eigenvalue weighted by Gasteiger charge is 2.57. The Balaban J connectivity index is 0.911. The maximum absolute atomic E-state index is 13.9. The van der Waals surface area contributed by atoms with Crippen LogP contribution in [0.5, 0.6) is 11.5 Å². The number of phenolic OH excluding ortho intramolecular Hbond substituents is 2. The molecule has 2 amide bonds. The predicted molar refractivity (Wildman–Crippen MR) is 268 cm³/mol. The zero-order valence-corrected chi connectivity index (χ0v) is 40.9. The molecule has 0 bridgehead atoms. The minimum Gasteiger partial charge on any atom is -0.508 e. The number of aliphatic hydroxyl groups excluding tert-OH is 1. The molecule has 2 aliphatic heterocycles. The number of H-pyrrole nitrogens is 1.